The molecule has 5 amide bonds. The highest BCUT2D eigenvalue weighted by atomic mass is 16.6. The third-order valence-corrected chi connectivity index (χ3v) is 13.5. The number of ether oxygens (including phenoxy) is 6. The molecular weight excluding hydrogens is 1240 g/mol. The van der Waals surface area contributed by atoms with Crippen molar-refractivity contribution in [2.24, 2.45) is 0 Å². The summed E-state index contributed by atoms with van der Waals surface area (Å²) in [7, 11) is 0. The molecule has 0 bridgehead atoms. The van der Waals surface area contributed by atoms with Crippen molar-refractivity contribution in [3.63, 3.8) is 0 Å². The predicted octanol–water partition coefficient (Wildman–Crippen LogP) is 8.60. The van der Waals surface area contributed by atoms with Gasteiger partial charge in [0.15, 0.2) is 0 Å². The van der Waals surface area contributed by atoms with E-state index >= 15 is 0 Å². The van der Waals surface area contributed by atoms with Crippen LogP contribution in [0, 0.1) is 0 Å². The molecule has 2 aromatic carbocycles. The molecule has 0 aliphatic heterocycles. The number of unbranched alkanes of at least 4 members (excludes halogenated alkanes) is 3. The Bertz CT molecular complexity index is 2890. The van der Waals surface area contributed by atoms with Crippen molar-refractivity contribution in [2.75, 3.05) is 39.3 Å². The van der Waals surface area contributed by atoms with Gasteiger partial charge in [-0.3, -0.25) is 38.6 Å². The Morgan fingerprint density at radius 1 is 0.417 bits per heavy atom. The molecule has 25 heteroatoms. The normalized spacial score (nSPS) is 13.1. The zero-order valence-electron chi connectivity index (χ0n) is 60.9. The molecule has 0 heterocycles. The molecule has 25 nitrogen and oxygen atoms in total. The van der Waals surface area contributed by atoms with Gasteiger partial charge >= 0.3 is 41.8 Å². The van der Waals surface area contributed by atoms with Gasteiger partial charge in [0.1, 0.15) is 63.2 Å². The van der Waals surface area contributed by atoms with E-state index in [0.29, 0.717) is 62.7 Å². The first-order chi connectivity index (χ1) is 44.1. The highest BCUT2D eigenvalue weighted by Gasteiger charge is 2.33. The second-order valence-electron chi connectivity index (χ2n) is 30.3. The van der Waals surface area contributed by atoms with E-state index in [9.17, 15) is 58.2 Å². The SMILES string of the molecule is C[C@H](NC(=O)CCc1ccc(O)c(CN(CCN(CC(=O)OC(C)(C)C)Cc2cc(CCC(=O)NCCCCCC(=O)NCCCC[C@H](NC(=O)N[C@@H](CCC(=O)OC(C)(C)C)C(=O)OC(C)(C)C)C(=O)OC(C)(C)C)ccc2O)CC(=O)OC(C)(C)C)c1)C(=O)OC(C)(C)C. The van der Waals surface area contributed by atoms with Gasteiger partial charge in [0.05, 0.1) is 13.1 Å². The zero-order valence-corrected chi connectivity index (χ0v) is 60.9. The van der Waals surface area contributed by atoms with Crippen LogP contribution in [0.25, 0.3) is 0 Å². The molecule has 96 heavy (non-hydrogen) atoms. The number of hydrogen-bond donors (Lipinski definition) is 7. The summed E-state index contributed by atoms with van der Waals surface area (Å²) < 4.78 is 33.2. The monoisotopic (exact) mass is 1350 g/mol. The smallest absolute Gasteiger partial charge is 0.329 e. The fraction of sp³-hybridized carbons (Fsp3) is 0.690. The number of urea groups is 1. The van der Waals surface area contributed by atoms with E-state index in [1.807, 2.05) is 0 Å². The summed E-state index contributed by atoms with van der Waals surface area (Å²) in [5.74, 6) is -4.38. The lowest BCUT2D eigenvalue weighted by Gasteiger charge is -2.29. The maximum Gasteiger partial charge on any atom is 0.329 e. The number of phenolic OH excluding ortho intramolecular Hbond substituents is 2. The Labute approximate surface area is 569 Å². The zero-order chi connectivity index (χ0) is 73.0. The molecule has 0 radical (unpaired) electrons. The van der Waals surface area contributed by atoms with Gasteiger partial charge in [0.25, 0.3) is 0 Å². The number of benzene rings is 2. The van der Waals surface area contributed by atoms with Gasteiger partial charge in [-0.05, 0) is 206 Å². The summed E-state index contributed by atoms with van der Waals surface area (Å²) in [6.45, 7) is 33.4. The van der Waals surface area contributed by atoms with E-state index in [1.165, 1.54) is 12.1 Å². The average Bonchev–Trinajstić information content (AvgIpc) is 0.886. The van der Waals surface area contributed by atoms with Gasteiger partial charge in [-0.2, -0.15) is 0 Å². The highest BCUT2D eigenvalue weighted by molar-refractivity contribution is 5.88. The minimum absolute atomic E-state index is 0.0315. The first-order valence-corrected chi connectivity index (χ1v) is 33.4. The maximum absolute atomic E-state index is 13.4. The van der Waals surface area contributed by atoms with E-state index in [4.69, 9.17) is 28.4 Å². The standard InChI is InChI=1S/C71H115N7O18/c1-47(62(87)94-69(11,12)13)74-58(83)35-30-49-28-33-55(80)51(42-49)44-78(46-61(86)93-68(8,9)10)40-39-77(45-60(85)92-67(5,6)7)43-50-41-48(27-32-54(50)79)29-34-57(82)73-37-23-20-21-26-56(81)72-38-24-22-25-52(63(88)95-70(14,15)16)75-65(90)76-53(64(89)96-71(17,18)19)31-36-59(84)91-66(2,3)4/h27-28,32-33,41-42,47,52-53,79-80H,20-26,29-31,34-40,43-46H2,1-19H3,(H,72,81)(H,73,82)(H,74,83)(H2,75,76,90)/t47-,52-,53-/m0/s1. The lowest BCUT2D eigenvalue weighted by molar-refractivity contribution is -0.159. The summed E-state index contributed by atoms with van der Waals surface area (Å²) in [6.07, 6.45) is 3.72. The molecule has 0 aliphatic carbocycles. The Morgan fingerprint density at radius 2 is 0.792 bits per heavy atom. The minimum Gasteiger partial charge on any atom is -0.508 e. The fourth-order valence-corrected chi connectivity index (χ4v) is 9.38. The second kappa shape index (κ2) is 39.0. The van der Waals surface area contributed by atoms with Crippen LogP contribution in [0.15, 0.2) is 36.4 Å². The molecule has 0 spiro atoms. The number of amides is 5. The first-order valence-electron chi connectivity index (χ1n) is 33.4. The number of aromatic hydroxyl groups is 2. The Morgan fingerprint density at radius 3 is 1.22 bits per heavy atom. The first kappa shape index (κ1) is 84.5. The number of carbonyl (C=O) groups excluding carboxylic acids is 10. The molecule has 0 saturated carbocycles. The van der Waals surface area contributed by atoms with Crippen molar-refractivity contribution in [2.45, 2.75) is 280 Å². The quantitative estimate of drug-likeness (QED) is 0.0189. The van der Waals surface area contributed by atoms with Crippen molar-refractivity contribution in [3.8, 4) is 11.5 Å². The number of aryl methyl sites for hydroxylation is 2. The van der Waals surface area contributed by atoms with Gasteiger partial charge in [0, 0.05) is 76.1 Å². The third-order valence-electron chi connectivity index (χ3n) is 13.5. The van der Waals surface area contributed by atoms with Crippen molar-refractivity contribution >= 4 is 59.6 Å². The van der Waals surface area contributed by atoms with E-state index in [-0.39, 0.29) is 113 Å². The van der Waals surface area contributed by atoms with Crippen LogP contribution in [0.5, 0.6) is 11.5 Å². The molecule has 3 atom stereocenters. The second-order valence-corrected chi connectivity index (χ2v) is 30.3. The summed E-state index contributed by atoms with van der Waals surface area (Å²) in [5.41, 5.74) is -2.37. The van der Waals surface area contributed by atoms with Crippen LogP contribution < -0.4 is 26.6 Å². The van der Waals surface area contributed by atoms with Crippen molar-refractivity contribution < 1.29 is 86.6 Å². The molecule has 7 N–H and O–H groups in total. The fourth-order valence-electron chi connectivity index (χ4n) is 9.38. The van der Waals surface area contributed by atoms with Gasteiger partial charge in [0.2, 0.25) is 17.7 Å². The lowest BCUT2D eigenvalue weighted by Crippen LogP contribution is -2.53. The summed E-state index contributed by atoms with van der Waals surface area (Å²) in [5, 5.41) is 35.9. The Kier molecular flexibility index (Phi) is 34.4. The number of rotatable bonds is 37. The third kappa shape index (κ3) is 40.1. The number of phenols is 2. The molecule has 0 fully saturated rings. The number of nitrogens with one attached hydrogen (secondary N) is 5. The molecule has 2 rings (SSSR count). The Balaban J connectivity index is 2.02. The minimum atomic E-state index is -1.23. The van der Waals surface area contributed by atoms with E-state index < -0.39 is 93.6 Å². The number of hydrogen-bond acceptors (Lipinski definition) is 20. The maximum atomic E-state index is 13.4. The van der Waals surface area contributed by atoms with Crippen molar-refractivity contribution in [1.82, 2.24) is 36.4 Å². The largest absolute Gasteiger partial charge is 0.508 e. The summed E-state index contributed by atoms with van der Waals surface area (Å²) >= 11 is 0. The molecule has 0 aromatic heterocycles. The van der Waals surface area contributed by atoms with E-state index in [1.54, 1.807) is 166 Å². The molecule has 0 aliphatic rings. The van der Waals surface area contributed by atoms with Gasteiger partial charge in [-0.25, -0.2) is 19.2 Å². The highest BCUT2D eigenvalue weighted by Crippen LogP contribution is 2.25. The van der Waals surface area contributed by atoms with E-state index in [0.717, 1.165) is 11.1 Å². The van der Waals surface area contributed by atoms with Crippen LogP contribution in [0.2, 0.25) is 0 Å². The number of esters is 6. The topological polar surface area (TPSA) is 333 Å². The average molecular weight is 1350 g/mol. The van der Waals surface area contributed by atoms with Gasteiger partial charge < -0.3 is 65.2 Å². The van der Waals surface area contributed by atoms with Crippen LogP contribution in [0.4, 0.5) is 4.79 Å². The molecule has 542 valence electrons. The van der Waals surface area contributed by atoms with Crippen molar-refractivity contribution in [1.29, 1.82) is 0 Å². The molecule has 0 saturated heterocycles. The molecule has 2 aromatic rings. The molecule has 0 unspecified atom stereocenters. The van der Waals surface area contributed by atoms with Crippen LogP contribution in [-0.4, -0.2) is 171 Å². The van der Waals surface area contributed by atoms with Crippen LogP contribution in [-0.2, 0) is 97.5 Å². The Hall–Kier alpha value is -7.54. The van der Waals surface area contributed by atoms with Gasteiger partial charge in [-0.1, -0.05) is 30.7 Å². The van der Waals surface area contributed by atoms with Crippen LogP contribution >= 0.6 is 0 Å². The van der Waals surface area contributed by atoms with Crippen LogP contribution in [0.3, 0.4) is 0 Å². The van der Waals surface area contributed by atoms with Crippen molar-refractivity contribution in [3.05, 3.63) is 58.7 Å². The van der Waals surface area contributed by atoms with E-state index in [2.05, 4.69) is 26.6 Å². The summed E-state index contributed by atoms with van der Waals surface area (Å²) in [6, 6.07) is 5.97. The molecular formula is C71H115N7O18. The predicted molar refractivity (Wildman–Crippen MR) is 363 cm³/mol. The number of carbonyl (C=O) groups is 10. The van der Waals surface area contributed by atoms with Gasteiger partial charge in [-0.15, -0.1) is 0 Å². The lowest BCUT2D eigenvalue weighted by atomic mass is 10.0. The number of nitrogens with zero attached hydrogens (tertiary/aromatic N) is 2. The summed E-state index contributed by atoms with van der Waals surface area (Å²) in [4.78, 5) is 134. The van der Waals surface area contributed by atoms with Crippen LogP contribution in [0.1, 0.15) is 224 Å².